The standard InChI is InChI=1S/C13H11ClF2N2/c14-9-1-2-11(15)8(5-9)6-13(17)10-3-4-18-7-12(10)16/h1-5,7,13H,6,17H2. The molecule has 1 aromatic heterocycles. The lowest BCUT2D eigenvalue weighted by Crippen LogP contribution is -2.16. The van der Waals surface area contributed by atoms with Gasteiger partial charge in [-0.1, -0.05) is 11.6 Å². The molecule has 18 heavy (non-hydrogen) atoms. The molecule has 0 fully saturated rings. The summed E-state index contributed by atoms with van der Waals surface area (Å²) in [5, 5.41) is 0.425. The highest BCUT2D eigenvalue weighted by atomic mass is 35.5. The number of hydrogen-bond donors (Lipinski definition) is 1. The molecule has 0 aliphatic heterocycles. The van der Waals surface area contributed by atoms with Gasteiger partial charge in [0.15, 0.2) is 0 Å². The molecule has 0 amide bonds. The molecule has 1 heterocycles. The van der Waals surface area contributed by atoms with Gasteiger partial charge in [0.05, 0.1) is 6.20 Å². The Hall–Kier alpha value is -1.52. The zero-order chi connectivity index (χ0) is 13.1. The van der Waals surface area contributed by atoms with Crippen LogP contribution < -0.4 is 5.73 Å². The van der Waals surface area contributed by atoms with Crippen LogP contribution in [0.1, 0.15) is 17.2 Å². The van der Waals surface area contributed by atoms with Crippen molar-refractivity contribution in [2.45, 2.75) is 12.5 Å². The van der Waals surface area contributed by atoms with Gasteiger partial charge in [0.25, 0.3) is 0 Å². The monoisotopic (exact) mass is 268 g/mol. The third-order valence-corrected chi connectivity index (χ3v) is 2.89. The van der Waals surface area contributed by atoms with E-state index in [0.717, 1.165) is 6.20 Å². The van der Waals surface area contributed by atoms with Gasteiger partial charge in [0, 0.05) is 22.8 Å². The van der Waals surface area contributed by atoms with Gasteiger partial charge in [-0.2, -0.15) is 0 Å². The molecule has 0 saturated carbocycles. The van der Waals surface area contributed by atoms with Crippen molar-refractivity contribution in [3.63, 3.8) is 0 Å². The molecule has 1 aromatic carbocycles. The molecule has 1 atom stereocenters. The fourth-order valence-corrected chi connectivity index (χ4v) is 1.93. The number of halogens is 3. The molecule has 94 valence electrons. The number of nitrogens with zero attached hydrogens (tertiary/aromatic N) is 1. The number of aromatic nitrogens is 1. The summed E-state index contributed by atoms with van der Waals surface area (Å²) < 4.78 is 27.0. The van der Waals surface area contributed by atoms with Crippen molar-refractivity contribution in [1.29, 1.82) is 0 Å². The maximum absolute atomic E-state index is 13.5. The zero-order valence-corrected chi connectivity index (χ0v) is 10.2. The van der Waals surface area contributed by atoms with Crippen LogP contribution in [0.5, 0.6) is 0 Å². The van der Waals surface area contributed by atoms with E-state index in [0.29, 0.717) is 16.1 Å². The Morgan fingerprint density at radius 3 is 2.72 bits per heavy atom. The largest absolute Gasteiger partial charge is 0.324 e. The van der Waals surface area contributed by atoms with Crippen molar-refractivity contribution in [3.05, 3.63) is 64.4 Å². The highest BCUT2D eigenvalue weighted by Crippen LogP contribution is 2.22. The molecule has 2 nitrogen and oxygen atoms in total. The van der Waals surface area contributed by atoms with Crippen LogP contribution in [0.15, 0.2) is 36.7 Å². The minimum Gasteiger partial charge on any atom is -0.324 e. The smallest absolute Gasteiger partial charge is 0.146 e. The summed E-state index contributed by atoms with van der Waals surface area (Å²) in [4.78, 5) is 3.64. The van der Waals surface area contributed by atoms with E-state index in [4.69, 9.17) is 17.3 Å². The van der Waals surface area contributed by atoms with E-state index in [1.165, 1.54) is 30.5 Å². The molecule has 0 saturated heterocycles. The molecule has 0 aliphatic carbocycles. The van der Waals surface area contributed by atoms with Crippen molar-refractivity contribution in [2.24, 2.45) is 5.73 Å². The topological polar surface area (TPSA) is 38.9 Å². The normalized spacial score (nSPS) is 12.4. The maximum atomic E-state index is 13.5. The molecule has 5 heteroatoms. The lowest BCUT2D eigenvalue weighted by molar-refractivity contribution is 0.559. The van der Waals surface area contributed by atoms with Crippen LogP contribution in [-0.4, -0.2) is 4.98 Å². The summed E-state index contributed by atoms with van der Waals surface area (Å²) >= 11 is 5.79. The number of pyridine rings is 1. The Kier molecular flexibility index (Phi) is 3.89. The Morgan fingerprint density at radius 1 is 1.22 bits per heavy atom. The molecule has 2 aromatic rings. The first-order chi connectivity index (χ1) is 8.58. The van der Waals surface area contributed by atoms with E-state index in [-0.39, 0.29) is 6.42 Å². The van der Waals surface area contributed by atoms with Crippen LogP contribution >= 0.6 is 11.6 Å². The minimum atomic E-state index is -0.638. The summed E-state index contributed by atoms with van der Waals surface area (Å²) in [6.45, 7) is 0. The van der Waals surface area contributed by atoms with Crippen molar-refractivity contribution in [3.8, 4) is 0 Å². The number of hydrogen-bond acceptors (Lipinski definition) is 2. The fourth-order valence-electron chi connectivity index (χ4n) is 1.73. The van der Waals surface area contributed by atoms with Crippen LogP contribution in [0.25, 0.3) is 0 Å². The first-order valence-electron chi connectivity index (χ1n) is 5.37. The first kappa shape index (κ1) is 12.9. The SMILES string of the molecule is NC(Cc1cc(Cl)ccc1F)c1ccncc1F. The molecule has 0 aliphatic rings. The van der Waals surface area contributed by atoms with E-state index in [9.17, 15) is 8.78 Å². The lowest BCUT2D eigenvalue weighted by atomic mass is 10.00. The van der Waals surface area contributed by atoms with Gasteiger partial charge in [-0.05, 0) is 36.2 Å². The quantitative estimate of drug-likeness (QED) is 0.928. The van der Waals surface area contributed by atoms with Crippen LogP contribution in [0.3, 0.4) is 0 Å². The second kappa shape index (κ2) is 5.42. The minimum absolute atomic E-state index is 0.174. The molecular weight excluding hydrogens is 258 g/mol. The van der Waals surface area contributed by atoms with Crippen LogP contribution in [0.4, 0.5) is 8.78 Å². The molecular formula is C13H11ClF2N2. The Bertz CT molecular complexity index is 560. The Morgan fingerprint density at radius 2 is 2.00 bits per heavy atom. The summed E-state index contributed by atoms with van der Waals surface area (Å²) in [7, 11) is 0. The van der Waals surface area contributed by atoms with Gasteiger partial charge in [0.1, 0.15) is 11.6 Å². The predicted octanol–water partition coefficient (Wildman–Crippen LogP) is 3.26. The van der Waals surface area contributed by atoms with Gasteiger partial charge < -0.3 is 5.73 Å². The molecule has 1 unspecified atom stereocenters. The van der Waals surface area contributed by atoms with E-state index in [1.54, 1.807) is 0 Å². The van der Waals surface area contributed by atoms with E-state index < -0.39 is 17.7 Å². The highest BCUT2D eigenvalue weighted by molar-refractivity contribution is 6.30. The molecule has 0 spiro atoms. The summed E-state index contributed by atoms with van der Waals surface area (Å²) in [5.74, 6) is -0.892. The predicted molar refractivity (Wildman–Crippen MR) is 66.2 cm³/mol. The van der Waals surface area contributed by atoms with Crippen LogP contribution in [0.2, 0.25) is 5.02 Å². The van der Waals surface area contributed by atoms with Crippen molar-refractivity contribution in [2.75, 3.05) is 0 Å². The maximum Gasteiger partial charge on any atom is 0.146 e. The van der Waals surface area contributed by atoms with E-state index in [1.807, 2.05) is 0 Å². The number of nitrogens with two attached hydrogens (primary N) is 1. The van der Waals surface area contributed by atoms with Gasteiger partial charge in [0.2, 0.25) is 0 Å². The molecule has 0 radical (unpaired) electrons. The molecule has 2 rings (SSSR count). The van der Waals surface area contributed by atoms with Crippen molar-refractivity contribution in [1.82, 2.24) is 4.98 Å². The molecule has 2 N–H and O–H groups in total. The summed E-state index contributed by atoms with van der Waals surface area (Å²) in [6.07, 6.45) is 2.71. The number of benzene rings is 1. The summed E-state index contributed by atoms with van der Waals surface area (Å²) in [5.41, 5.74) is 6.55. The van der Waals surface area contributed by atoms with Crippen molar-refractivity contribution >= 4 is 11.6 Å². The zero-order valence-electron chi connectivity index (χ0n) is 9.41. The third-order valence-electron chi connectivity index (χ3n) is 2.65. The number of rotatable bonds is 3. The average molecular weight is 269 g/mol. The third kappa shape index (κ3) is 2.83. The van der Waals surface area contributed by atoms with Gasteiger partial charge >= 0.3 is 0 Å². The van der Waals surface area contributed by atoms with Crippen LogP contribution in [0, 0.1) is 11.6 Å². The van der Waals surface area contributed by atoms with Gasteiger partial charge in [-0.25, -0.2) is 8.78 Å². The van der Waals surface area contributed by atoms with Gasteiger partial charge in [-0.3, -0.25) is 4.98 Å². The second-order valence-corrected chi connectivity index (χ2v) is 4.38. The first-order valence-corrected chi connectivity index (χ1v) is 5.74. The lowest BCUT2D eigenvalue weighted by Gasteiger charge is -2.13. The van der Waals surface area contributed by atoms with Crippen LogP contribution in [-0.2, 0) is 6.42 Å². The summed E-state index contributed by atoms with van der Waals surface area (Å²) in [6, 6.07) is 5.07. The molecule has 0 bridgehead atoms. The highest BCUT2D eigenvalue weighted by Gasteiger charge is 2.14. The average Bonchev–Trinajstić information content (AvgIpc) is 2.34. The Balaban J connectivity index is 2.24. The Labute approximate surface area is 108 Å². The van der Waals surface area contributed by atoms with Crippen molar-refractivity contribution < 1.29 is 8.78 Å². The second-order valence-electron chi connectivity index (χ2n) is 3.94. The van der Waals surface area contributed by atoms with E-state index >= 15 is 0 Å². The van der Waals surface area contributed by atoms with Gasteiger partial charge in [-0.15, -0.1) is 0 Å². The fraction of sp³-hybridized carbons (Fsp3) is 0.154. The van der Waals surface area contributed by atoms with E-state index in [2.05, 4.69) is 4.98 Å².